The van der Waals surface area contributed by atoms with Crippen LogP contribution in [0.4, 0.5) is 4.39 Å². The molecule has 186 valence electrons. The van der Waals surface area contributed by atoms with Crippen molar-refractivity contribution in [3.8, 4) is 16.9 Å². The van der Waals surface area contributed by atoms with Gasteiger partial charge in [-0.25, -0.2) is 9.07 Å². The number of halogens is 2. The Hall–Kier alpha value is -3.26. The molecule has 2 N–H and O–H groups in total. The van der Waals surface area contributed by atoms with Crippen molar-refractivity contribution in [1.82, 2.24) is 15.1 Å². The lowest BCUT2D eigenvalue weighted by molar-refractivity contribution is -0.0739. The van der Waals surface area contributed by atoms with Gasteiger partial charge >= 0.3 is 0 Å². The number of aliphatic hydroxyl groups is 1. The van der Waals surface area contributed by atoms with Gasteiger partial charge in [0.2, 0.25) is 0 Å². The quantitative estimate of drug-likeness (QED) is 0.372. The van der Waals surface area contributed by atoms with Crippen LogP contribution < -0.4 is 5.32 Å². The molecule has 36 heavy (non-hydrogen) atoms. The maximum Gasteiger partial charge on any atom is 0.251 e. The van der Waals surface area contributed by atoms with Crippen LogP contribution in [-0.2, 0) is 4.74 Å². The van der Waals surface area contributed by atoms with E-state index >= 15 is 0 Å². The minimum Gasteiger partial charge on any atom is -0.388 e. The highest BCUT2D eigenvalue weighted by Gasteiger charge is 2.46. The summed E-state index contributed by atoms with van der Waals surface area (Å²) in [6, 6.07) is 18.8. The number of carbonyl (C=O) groups excluding carboxylic acids is 1. The molecule has 0 atom stereocenters. The van der Waals surface area contributed by atoms with E-state index in [1.807, 2.05) is 24.3 Å². The van der Waals surface area contributed by atoms with Gasteiger partial charge in [0.25, 0.3) is 5.91 Å². The second kappa shape index (κ2) is 9.32. The van der Waals surface area contributed by atoms with Crippen LogP contribution >= 0.6 is 11.6 Å². The number of nitrogens with zero attached hydrogens (tertiary/aromatic N) is 2. The average Bonchev–Trinajstić information content (AvgIpc) is 3.23. The van der Waals surface area contributed by atoms with Crippen molar-refractivity contribution in [3.63, 3.8) is 0 Å². The highest BCUT2D eigenvalue weighted by Crippen LogP contribution is 2.36. The molecule has 2 heterocycles. The summed E-state index contributed by atoms with van der Waals surface area (Å²) in [7, 11) is 0. The normalized spacial score (nSPS) is 15.7. The predicted molar refractivity (Wildman–Crippen MR) is 138 cm³/mol. The second-order valence-electron chi connectivity index (χ2n) is 9.66. The van der Waals surface area contributed by atoms with Gasteiger partial charge < -0.3 is 15.2 Å². The lowest BCUT2D eigenvalue weighted by Crippen LogP contribution is -2.64. The Morgan fingerprint density at radius 2 is 1.81 bits per heavy atom. The summed E-state index contributed by atoms with van der Waals surface area (Å²) < 4.78 is 20.8. The van der Waals surface area contributed by atoms with E-state index in [9.17, 15) is 14.3 Å². The van der Waals surface area contributed by atoms with E-state index in [-0.39, 0.29) is 11.7 Å². The van der Waals surface area contributed by atoms with E-state index in [0.29, 0.717) is 53.5 Å². The predicted octanol–water partition coefficient (Wildman–Crippen LogP) is 5.53. The van der Waals surface area contributed by atoms with E-state index in [1.54, 1.807) is 48.9 Å². The van der Waals surface area contributed by atoms with E-state index < -0.39 is 11.1 Å². The third-order valence-electron chi connectivity index (χ3n) is 7.01. The average molecular weight is 508 g/mol. The van der Waals surface area contributed by atoms with Gasteiger partial charge in [0, 0.05) is 29.7 Å². The van der Waals surface area contributed by atoms with Crippen molar-refractivity contribution in [1.29, 1.82) is 0 Å². The molecule has 1 aliphatic heterocycles. The lowest BCUT2D eigenvalue weighted by Gasteiger charge is -2.46. The monoisotopic (exact) mass is 507 g/mol. The first-order valence-corrected chi connectivity index (χ1v) is 12.2. The minimum absolute atomic E-state index is 0.299. The van der Waals surface area contributed by atoms with Gasteiger partial charge in [-0.05, 0) is 75.2 Å². The Balaban J connectivity index is 1.62. The molecule has 3 aromatic carbocycles. The first kappa shape index (κ1) is 24.4. The Kier molecular flexibility index (Phi) is 6.32. The summed E-state index contributed by atoms with van der Waals surface area (Å²) in [4.78, 5) is 13.5. The fourth-order valence-corrected chi connectivity index (χ4v) is 5.01. The summed E-state index contributed by atoms with van der Waals surface area (Å²) in [5.41, 5.74) is 1.21. The smallest absolute Gasteiger partial charge is 0.251 e. The summed E-state index contributed by atoms with van der Waals surface area (Å²) in [6.07, 6.45) is 1.02. The molecule has 0 aliphatic carbocycles. The maximum atomic E-state index is 13.6. The number of rotatable bonds is 5. The molecular formula is C28H27ClFN3O3. The molecule has 5 rings (SSSR count). The number of ether oxygens (including phenoxy) is 1. The number of nitrogens with one attached hydrogen (secondary N) is 1. The van der Waals surface area contributed by atoms with Crippen LogP contribution in [0.2, 0.25) is 5.02 Å². The topological polar surface area (TPSA) is 76.4 Å². The highest BCUT2D eigenvalue weighted by molar-refractivity contribution is 6.33. The van der Waals surface area contributed by atoms with Crippen molar-refractivity contribution >= 4 is 28.4 Å². The molecule has 0 radical (unpaired) electrons. The van der Waals surface area contributed by atoms with Crippen molar-refractivity contribution in [2.75, 3.05) is 13.2 Å². The van der Waals surface area contributed by atoms with E-state index in [0.717, 1.165) is 10.9 Å². The molecule has 1 saturated heterocycles. The van der Waals surface area contributed by atoms with E-state index in [2.05, 4.69) is 5.32 Å². The first-order chi connectivity index (χ1) is 17.2. The van der Waals surface area contributed by atoms with Crippen LogP contribution in [0.3, 0.4) is 0 Å². The van der Waals surface area contributed by atoms with Crippen LogP contribution in [0.1, 0.15) is 37.0 Å². The van der Waals surface area contributed by atoms with E-state index in [1.165, 1.54) is 12.1 Å². The number of fused-ring (bicyclic) bond motifs is 1. The number of benzene rings is 3. The largest absolute Gasteiger partial charge is 0.388 e. The van der Waals surface area contributed by atoms with Gasteiger partial charge in [-0.2, -0.15) is 5.10 Å². The van der Waals surface area contributed by atoms with Crippen LogP contribution in [0.25, 0.3) is 27.8 Å². The molecule has 6 nitrogen and oxygen atoms in total. The maximum absolute atomic E-state index is 13.6. The molecule has 0 bridgehead atoms. The SMILES string of the molecule is CC(C)(O)C1(NC(=O)c2ccc3c(-c4ccccc4Cl)nn(-c4ccc(F)cc4)c3c2)CCOCC1. The van der Waals surface area contributed by atoms with Crippen LogP contribution in [-0.4, -0.2) is 45.1 Å². The van der Waals surface area contributed by atoms with E-state index in [4.69, 9.17) is 21.4 Å². The van der Waals surface area contributed by atoms with Gasteiger partial charge in [-0.15, -0.1) is 0 Å². The first-order valence-electron chi connectivity index (χ1n) is 11.8. The lowest BCUT2D eigenvalue weighted by atomic mass is 9.76. The van der Waals surface area contributed by atoms with Crippen molar-refractivity contribution in [2.45, 2.75) is 37.8 Å². The molecular weight excluding hydrogens is 481 g/mol. The van der Waals surface area contributed by atoms with Crippen LogP contribution in [0.5, 0.6) is 0 Å². The third-order valence-corrected chi connectivity index (χ3v) is 7.34. The van der Waals surface area contributed by atoms with Crippen molar-refractivity contribution in [3.05, 3.63) is 83.1 Å². The molecule has 0 spiro atoms. The number of hydrogen-bond acceptors (Lipinski definition) is 4. The van der Waals surface area contributed by atoms with Gasteiger partial charge in [0.1, 0.15) is 11.5 Å². The summed E-state index contributed by atoms with van der Waals surface area (Å²) >= 11 is 6.49. The minimum atomic E-state index is -1.14. The van der Waals surface area contributed by atoms with Crippen LogP contribution in [0.15, 0.2) is 66.7 Å². The number of amides is 1. The summed E-state index contributed by atoms with van der Waals surface area (Å²) in [6.45, 7) is 4.34. The zero-order chi connectivity index (χ0) is 25.5. The molecule has 1 amide bonds. The number of aromatic nitrogens is 2. The summed E-state index contributed by atoms with van der Waals surface area (Å²) in [5.74, 6) is -0.651. The Labute approximate surface area is 213 Å². The molecule has 0 saturated carbocycles. The van der Waals surface area contributed by atoms with Gasteiger partial charge in [0.05, 0.1) is 27.4 Å². The number of carbonyl (C=O) groups is 1. The van der Waals surface area contributed by atoms with Crippen molar-refractivity contribution in [2.24, 2.45) is 0 Å². The summed E-state index contributed by atoms with van der Waals surface area (Å²) in [5, 5.41) is 20.2. The molecule has 1 aromatic heterocycles. The van der Waals surface area contributed by atoms with Crippen LogP contribution in [0, 0.1) is 5.82 Å². The standard InChI is InChI=1S/C28H27ClFN3O3/c1-27(2,35)28(13-15-36-16-14-28)31-26(34)18-7-12-22-24(17-18)33(20-10-8-19(30)9-11-20)32-25(22)21-5-3-4-6-23(21)29/h3-12,17,35H,13-16H2,1-2H3,(H,31,34). The number of hydrogen-bond donors (Lipinski definition) is 2. The molecule has 4 aromatic rings. The van der Waals surface area contributed by atoms with Crippen molar-refractivity contribution < 1.29 is 19.0 Å². The third kappa shape index (κ3) is 4.39. The van der Waals surface area contributed by atoms with Gasteiger partial charge in [0.15, 0.2) is 0 Å². The molecule has 1 aliphatic rings. The Morgan fingerprint density at radius 3 is 2.47 bits per heavy atom. The zero-order valence-electron chi connectivity index (χ0n) is 20.1. The fraction of sp³-hybridized carbons (Fsp3) is 0.286. The Bertz CT molecular complexity index is 1420. The highest BCUT2D eigenvalue weighted by atomic mass is 35.5. The zero-order valence-corrected chi connectivity index (χ0v) is 20.8. The van der Waals surface area contributed by atoms with Gasteiger partial charge in [-0.3, -0.25) is 4.79 Å². The molecule has 8 heteroatoms. The Morgan fingerprint density at radius 1 is 1.11 bits per heavy atom. The molecule has 1 fully saturated rings. The second-order valence-corrected chi connectivity index (χ2v) is 10.1. The fourth-order valence-electron chi connectivity index (χ4n) is 4.79. The molecule has 0 unspecified atom stereocenters. The van der Waals surface area contributed by atoms with Gasteiger partial charge in [-0.1, -0.05) is 29.8 Å².